The van der Waals surface area contributed by atoms with Crippen LogP contribution in [-0.2, 0) is 9.59 Å². The Morgan fingerprint density at radius 2 is 2.24 bits per heavy atom. The predicted molar refractivity (Wildman–Crippen MR) is 77.1 cm³/mol. The lowest BCUT2D eigenvalue weighted by molar-refractivity contribution is -0.130. The Hall–Kier alpha value is -2.37. The van der Waals surface area contributed by atoms with Crippen LogP contribution in [0.1, 0.15) is 42.4 Å². The number of benzene rings is 1. The van der Waals surface area contributed by atoms with Gasteiger partial charge in [0.1, 0.15) is 6.29 Å². The number of hydrazone groups is 1. The highest BCUT2D eigenvalue weighted by atomic mass is 16.7. The molecule has 110 valence electrons. The Morgan fingerprint density at radius 3 is 2.90 bits per heavy atom. The summed E-state index contributed by atoms with van der Waals surface area (Å²) < 4.78 is 0. The number of hydrogen-bond donors (Lipinski definition) is 2. The van der Waals surface area contributed by atoms with E-state index in [0.717, 1.165) is 41.5 Å². The summed E-state index contributed by atoms with van der Waals surface area (Å²) in [4.78, 5) is 27.7. The molecular weight excluding hydrogens is 270 g/mol. The number of rotatable bonds is 2. The molecular formula is C15H17N3O3. The minimum atomic E-state index is -0.257. The van der Waals surface area contributed by atoms with Crippen LogP contribution in [-0.4, -0.2) is 23.9 Å². The maximum Gasteiger partial charge on any atom is 0.259 e. The molecule has 0 radical (unpaired) electrons. The number of hydroxylamine groups is 1. The third-order valence-electron chi connectivity index (χ3n) is 4.01. The molecule has 3 rings (SSSR count). The van der Waals surface area contributed by atoms with Gasteiger partial charge in [-0.25, -0.2) is 0 Å². The van der Waals surface area contributed by atoms with E-state index in [2.05, 4.69) is 16.0 Å². The van der Waals surface area contributed by atoms with Crippen LogP contribution < -0.4 is 15.7 Å². The molecule has 1 aromatic rings. The SMILES string of the molecule is Cc1cc2c(cc1C1=NNC(C=O)CC1)C(C)C(=O)NO2. The van der Waals surface area contributed by atoms with E-state index in [1.807, 2.05) is 26.0 Å². The lowest BCUT2D eigenvalue weighted by atomic mass is 9.90. The average molecular weight is 287 g/mol. The normalized spacial score (nSPS) is 24.1. The zero-order valence-corrected chi connectivity index (χ0v) is 12.0. The number of hydrogen-bond acceptors (Lipinski definition) is 5. The molecule has 2 aliphatic rings. The van der Waals surface area contributed by atoms with E-state index in [9.17, 15) is 9.59 Å². The second-order valence-electron chi connectivity index (χ2n) is 5.46. The molecule has 6 nitrogen and oxygen atoms in total. The fourth-order valence-electron chi connectivity index (χ4n) is 2.64. The van der Waals surface area contributed by atoms with Crippen molar-refractivity contribution < 1.29 is 14.4 Å². The lowest BCUT2D eigenvalue weighted by Gasteiger charge is -2.25. The van der Waals surface area contributed by atoms with Crippen molar-refractivity contribution in [3.8, 4) is 5.75 Å². The molecule has 6 heteroatoms. The molecule has 0 spiro atoms. The summed E-state index contributed by atoms with van der Waals surface area (Å²) >= 11 is 0. The van der Waals surface area contributed by atoms with Crippen LogP contribution in [0, 0.1) is 6.92 Å². The fraction of sp³-hybridized carbons (Fsp3) is 0.400. The number of amides is 1. The first kappa shape index (κ1) is 13.6. The Labute approximate surface area is 122 Å². The molecule has 2 N–H and O–H groups in total. The van der Waals surface area contributed by atoms with E-state index in [0.29, 0.717) is 5.75 Å². The van der Waals surface area contributed by atoms with Crippen LogP contribution in [0.5, 0.6) is 5.75 Å². The number of aldehydes is 1. The van der Waals surface area contributed by atoms with Crippen molar-refractivity contribution in [1.29, 1.82) is 0 Å². The van der Waals surface area contributed by atoms with Crippen LogP contribution in [0.25, 0.3) is 0 Å². The number of nitrogens with zero attached hydrogens (tertiary/aromatic N) is 1. The first-order valence-corrected chi connectivity index (χ1v) is 6.99. The molecule has 2 atom stereocenters. The monoisotopic (exact) mass is 287 g/mol. The van der Waals surface area contributed by atoms with Crippen molar-refractivity contribution in [2.24, 2.45) is 5.10 Å². The second kappa shape index (κ2) is 5.20. The standard InChI is InChI=1S/C15H17N3O3/c1-8-5-14-12(9(2)15(20)18-21-14)6-11(8)13-4-3-10(7-19)16-17-13/h5-7,9-10,16H,3-4H2,1-2H3,(H,18,20). The highest BCUT2D eigenvalue weighted by Crippen LogP contribution is 2.33. The summed E-state index contributed by atoms with van der Waals surface area (Å²) in [5.41, 5.74) is 9.06. The van der Waals surface area contributed by atoms with Gasteiger partial charge in [0.25, 0.3) is 5.91 Å². The summed E-state index contributed by atoms with van der Waals surface area (Å²) in [7, 11) is 0. The van der Waals surface area contributed by atoms with Gasteiger partial charge in [0.05, 0.1) is 17.7 Å². The van der Waals surface area contributed by atoms with E-state index in [1.54, 1.807) is 0 Å². The summed E-state index contributed by atoms with van der Waals surface area (Å²) in [5.74, 6) is 0.272. The van der Waals surface area contributed by atoms with E-state index in [4.69, 9.17) is 4.84 Å². The maximum atomic E-state index is 11.7. The van der Waals surface area contributed by atoms with Gasteiger partial charge in [-0.05, 0) is 44.4 Å². The molecule has 0 saturated heterocycles. The topological polar surface area (TPSA) is 79.8 Å². The van der Waals surface area contributed by atoms with Gasteiger partial charge in [-0.3, -0.25) is 10.2 Å². The summed E-state index contributed by atoms with van der Waals surface area (Å²) in [5, 5.41) is 4.30. The lowest BCUT2D eigenvalue weighted by Crippen LogP contribution is -2.36. The van der Waals surface area contributed by atoms with Gasteiger partial charge in [-0.15, -0.1) is 0 Å². The van der Waals surface area contributed by atoms with Crippen molar-refractivity contribution in [3.05, 3.63) is 28.8 Å². The zero-order valence-electron chi connectivity index (χ0n) is 12.0. The van der Waals surface area contributed by atoms with E-state index < -0.39 is 0 Å². The molecule has 21 heavy (non-hydrogen) atoms. The predicted octanol–water partition coefficient (Wildman–Crippen LogP) is 1.18. The van der Waals surface area contributed by atoms with Crippen molar-refractivity contribution in [3.63, 3.8) is 0 Å². The zero-order chi connectivity index (χ0) is 15.0. The van der Waals surface area contributed by atoms with E-state index in [1.165, 1.54) is 0 Å². The second-order valence-corrected chi connectivity index (χ2v) is 5.46. The summed E-state index contributed by atoms with van der Waals surface area (Å²) in [6, 6.07) is 3.67. The van der Waals surface area contributed by atoms with Crippen LogP contribution >= 0.6 is 0 Å². The maximum absolute atomic E-state index is 11.7. The molecule has 0 aromatic heterocycles. The molecule has 0 saturated carbocycles. The van der Waals surface area contributed by atoms with Crippen LogP contribution in [0.3, 0.4) is 0 Å². The van der Waals surface area contributed by atoms with E-state index in [-0.39, 0.29) is 17.9 Å². The molecule has 2 unspecified atom stereocenters. The Kier molecular flexibility index (Phi) is 3.37. The number of fused-ring (bicyclic) bond motifs is 1. The first-order valence-electron chi connectivity index (χ1n) is 6.99. The van der Waals surface area contributed by atoms with Crippen molar-refractivity contribution in [1.82, 2.24) is 10.9 Å². The van der Waals surface area contributed by atoms with Crippen LogP contribution in [0.4, 0.5) is 0 Å². The molecule has 2 aliphatic heterocycles. The number of carbonyl (C=O) groups excluding carboxylic acids is 2. The minimum Gasteiger partial charge on any atom is -0.379 e. The molecule has 1 amide bonds. The molecule has 0 aliphatic carbocycles. The molecule has 0 bridgehead atoms. The van der Waals surface area contributed by atoms with Gasteiger partial charge in [0.15, 0.2) is 5.75 Å². The molecule has 1 aromatic carbocycles. The minimum absolute atomic E-state index is 0.151. The highest BCUT2D eigenvalue weighted by molar-refractivity contribution is 6.03. The number of carbonyl (C=O) groups is 2. The smallest absolute Gasteiger partial charge is 0.259 e. The van der Waals surface area contributed by atoms with Crippen LogP contribution in [0.2, 0.25) is 0 Å². The van der Waals surface area contributed by atoms with Crippen molar-refractivity contribution in [2.75, 3.05) is 0 Å². The fourth-order valence-corrected chi connectivity index (χ4v) is 2.64. The molecule has 2 heterocycles. The quantitative estimate of drug-likeness (QED) is 0.800. The first-order chi connectivity index (χ1) is 10.1. The van der Waals surface area contributed by atoms with Gasteiger partial charge in [-0.1, -0.05) is 0 Å². The van der Waals surface area contributed by atoms with E-state index >= 15 is 0 Å². The summed E-state index contributed by atoms with van der Waals surface area (Å²) in [6.45, 7) is 3.83. The highest BCUT2D eigenvalue weighted by Gasteiger charge is 2.27. The number of aryl methyl sites for hydroxylation is 1. The Morgan fingerprint density at radius 1 is 1.43 bits per heavy atom. The average Bonchev–Trinajstić information content (AvgIpc) is 2.51. The van der Waals surface area contributed by atoms with Crippen LogP contribution in [0.15, 0.2) is 17.2 Å². The van der Waals surface area contributed by atoms with Gasteiger partial charge in [0.2, 0.25) is 0 Å². The third kappa shape index (κ3) is 2.37. The molecule has 0 fully saturated rings. The summed E-state index contributed by atoms with van der Waals surface area (Å²) in [6.07, 6.45) is 2.34. The van der Waals surface area contributed by atoms with Gasteiger partial charge in [0, 0.05) is 11.1 Å². The van der Waals surface area contributed by atoms with Crippen molar-refractivity contribution in [2.45, 2.75) is 38.6 Å². The Bertz CT molecular complexity index is 639. The van der Waals surface area contributed by atoms with Gasteiger partial charge >= 0.3 is 0 Å². The van der Waals surface area contributed by atoms with Gasteiger partial charge in [-0.2, -0.15) is 10.6 Å². The van der Waals surface area contributed by atoms with Crippen molar-refractivity contribution >= 4 is 17.9 Å². The van der Waals surface area contributed by atoms with Gasteiger partial charge < -0.3 is 9.63 Å². The third-order valence-corrected chi connectivity index (χ3v) is 4.01. The largest absolute Gasteiger partial charge is 0.379 e. The Balaban J connectivity index is 1.99. The number of nitrogens with one attached hydrogen (secondary N) is 2.